The third kappa shape index (κ3) is 5.61. The average molecular weight is 410 g/mol. The predicted octanol–water partition coefficient (Wildman–Crippen LogP) is 4.05. The fraction of sp³-hybridized carbons (Fsp3) is 0.700. The number of carbonyl (C=O) groups excluding carboxylic acids is 1. The van der Waals surface area contributed by atoms with Crippen molar-refractivity contribution in [3.63, 3.8) is 0 Å². The highest BCUT2D eigenvalue weighted by molar-refractivity contribution is 6.74. The maximum Gasteiger partial charge on any atom is 0.410 e. The lowest BCUT2D eigenvalue weighted by Gasteiger charge is -2.39. The van der Waals surface area contributed by atoms with Gasteiger partial charge in [0.2, 0.25) is 5.88 Å². The number of ether oxygens (including phenoxy) is 2. The van der Waals surface area contributed by atoms with E-state index in [9.17, 15) is 4.79 Å². The molecule has 0 saturated carbocycles. The van der Waals surface area contributed by atoms with Crippen molar-refractivity contribution in [3.8, 4) is 5.88 Å². The van der Waals surface area contributed by atoms with E-state index < -0.39 is 13.9 Å². The summed E-state index contributed by atoms with van der Waals surface area (Å²) in [5.41, 5.74) is 5.90. The number of aromatic nitrogens is 1. The van der Waals surface area contributed by atoms with E-state index in [0.29, 0.717) is 24.7 Å². The summed E-state index contributed by atoms with van der Waals surface area (Å²) in [4.78, 5) is 18.5. The molecule has 0 aromatic carbocycles. The van der Waals surface area contributed by atoms with Crippen LogP contribution < -0.4 is 10.5 Å². The van der Waals surface area contributed by atoms with Crippen molar-refractivity contribution in [2.24, 2.45) is 0 Å². The van der Waals surface area contributed by atoms with Crippen LogP contribution in [0.3, 0.4) is 0 Å². The van der Waals surface area contributed by atoms with Crippen molar-refractivity contribution in [1.29, 1.82) is 0 Å². The summed E-state index contributed by atoms with van der Waals surface area (Å²) in [5.74, 6) is 0.363. The fourth-order valence-corrected chi connectivity index (χ4v) is 3.98. The Morgan fingerprint density at radius 1 is 1.18 bits per heavy atom. The minimum atomic E-state index is -2.06. The van der Waals surface area contributed by atoms with Crippen LogP contribution >= 0.6 is 0 Å². The first-order valence-electron chi connectivity index (χ1n) is 9.72. The Balaban J connectivity index is 2.22. The van der Waals surface area contributed by atoms with Crippen LogP contribution in [0.15, 0.2) is 18.3 Å². The summed E-state index contributed by atoms with van der Waals surface area (Å²) in [6, 6.07) is 3.50. The molecule has 1 amide bonds. The molecule has 1 aliphatic heterocycles. The molecular weight excluding hydrogens is 374 g/mol. The number of amides is 1. The van der Waals surface area contributed by atoms with Gasteiger partial charge >= 0.3 is 6.09 Å². The molecule has 1 aromatic rings. The van der Waals surface area contributed by atoms with Crippen molar-refractivity contribution in [2.75, 3.05) is 18.8 Å². The second-order valence-corrected chi connectivity index (χ2v) is 14.6. The van der Waals surface area contributed by atoms with E-state index in [2.05, 4.69) is 38.8 Å². The zero-order valence-electron chi connectivity index (χ0n) is 18.4. The van der Waals surface area contributed by atoms with Crippen LogP contribution in [0.1, 0.15) is 41.5 Å². The number of pyridine rings is 1. The maximum atomic E-state index is 12.6. The quantitative estimate of drug-likeness (QED) is 0.755. The molecule has 0 bridgehead atoms. The molecular formula is C20H35N3O4Si. The van der Waals surface area contributed by atoms with Gasteiger partial charge < -0.3 is 24.5 Å². The van der Waals surface area contributed by atoms with Crippen LogP contribution in [0.5, 0.6) is 5.88 Å². The van der Waals surface area contributed by atoms with Gasteiger partial charge in [0, 0.05) is 6.20 Å². The number of carbonyl (C=O) groups is 1. The summed E-state index contributed by atoms with van der Waals surface area (Å²) in [7, 11) is -2.06. The monoisotopic (exact) mass is 409 g/mol. The lowest BCUT2D eigenvalue weighted by Crippen LogP contribution is -2.48. The van der Waals surface area contributed by atoms with Gasteiger partial charge in [-0.15, -0.1) is 0 Å². The minimum absolute atomic E-state index is 0.0426. The highest BCUT2D eigenvalue weighted by Crippen LogP contribution is 2.39. The molecule has 0 spiro atoms. The third-order valence-electron chi connectivity index (χ3n) is 5.18. The van der Waals surface area contributed by atoms with Gasteiger partial charge in [-0.2, -0.15) is 0 Å². The number of hydrogen-bond acceptors (Lipinski definition) is 6. The van der Waals surface area contributed by atoms with E-state index in [1.807, 2.05) is 20.8 Å². The molecule has 7 nitrogen and oxygen atoms in total. The van der Waals surface area contributed by atoms with Crippen molar-refractivity contribution < 1.29 is 18.7 Å². The fourth-order valence-electron chi connectivity index (χ4n) is 2.65. The smallest absolute Gasteiger partial charge is 0.410 e. The SMILES string of the molecule is CC(C)(C)OC(=O)N1C[C@@H](Oc2ncccc2N)[C@H](O[Si](C)(C)C(C)(C)C)C1. The largest absolute Gasteiger partial charge is 0.468 e. The van der Waals surface area contributed by atoms with Crippen LogP contribution in [0, 0.1) is 0 Å². The normalized spacial score (nSPS) is 20.9. The Morgan fingerprint density at radius 2 is 1.79 bits per heavy atom. The van der Waals surface area contributed by atoms with Crippen molar-refractivity contribution in [1.82, 2.24) is 9.88 Å². The number of hydrogen-bond donors (Lipinski definition) is 1. The standard InChI is InChI=1S/C20H35N3O4Si/c1-19(2,3)26-18(24)23-12-15(25-17-14(21)10-9-11-22-17)16(13-23)27-28(7,8)20(4,5)6/h9-11,15-16H,12-13,21H2,1-8H3/t15-,16-/m1/s1. The molecule has 0 aliphatic carbocycles. The van der Waals surface area contributed by atoms with Crippen molar-refractivity contribution >= 4 is 20.1 Å². The first-order valence-corrected chi connectivity index (χ1v) is 12.6. The van der Waals surface area contributed by atoms with Crippen LogP contribution in [-0.2, 0) is 9.16 Å². The summed E-state index contributed by atoms with van der Waals surface area (Å²) in [5, 5.41) is 0.0426. The van der Waals surface area contributed by atoms with Gasteiger partial charge in [-0.25, -0.2) is 9.78 Å². The maximum absolute atomic E-state index is 12.6. The molecule has 8 heteroatoms. The topological polar surface area (TPSA) is 86.9 Å². The van der Waals surface area contributed by atoms with E-state index in [1.54, 1.807) is 23.2 Å². The Labute approximate surface area is 169 Å². The number of nitrogens with two attached hydrogens (primary N) is 1. The summed E-state index contributed by atoms with van der Waals surface area (Å²) < 4.78 is 18.2. The Morgan fingerprint density at radius 3 is 2.32 bits per heavy atom. The van der Waals surface area contributed by atoms with E-state index >= 15 is 0 Å². The highest BCUT2D eigenvalue weighted by Gasteiger charge is 2.46. The first-order chi connectivity index (χ1) is 12.7. The van der Waals surface area contributed by atoms with Crippen LogP contribution in [-0.4, -0.2) is 55.2 Å². The zero-order valence-corrected chi connectivity index (χ0v) is 19.4. The molecule has 2 rings (SSSR count). The van der Waals surface area contributed by atoms with Gasteiger partial charge in [-0.3, -0.25) is 0 Å². The van der Waals surface area contributed by atoms with Crippen LogP contribution in [0.25, 0.3) is 0 Å². The van der Waals surface area contributed by atoms with Gasteiger partial charge in [0.15, 0.2) is 8.32 Å². The number of anilines is 1. The summed E-state index contributed by atoms with van der Waals surface area (Å²) >= 11 is 0. The zero-order chi connectivity index (χ0) is 21.3. The van der Waals surface area contributed by atoms with Gasteiger partial charge in [-0.05, 0) is 51.0 Å². The molecule has 28 heavy (non-hydrogen) atoms. The van der Waals surface area contributed by atoms with Gasteiger partial charge in [-0.1, -0.05) is 20.8 Å². The van der Waals surface area contributed by atoms with Gasteiger partial charge in [0.25, 0.3) is 0 Å². The van der Waals surface area contributed by atoms with E-state index in [0.717, 1.165) is 0 Å². The molecule has 1 fully saturated rings. The number of nitrogens with zero attached hydrogens (tertiary/aromatic N) is 2. The number of rotatable bonds is 4. The average Bonchev–Trinajstić information content (AvgIpc) is 2.89. The van der Waals surface area contributed by atoms with Crippen LogP contribution in [0.2, 0.25) is 18.1 Å². The lowest BCUT2D eigenvalue weighted by atomic mass is 10.2. The van der Waals surface area contributed by atoms with E-state index in [4.69, 9.17) is 19.6 Å². The Bertz CT molecular complexity index is 697. The van der Waals surface area contributed by atoms with Crippen LogP contribution in [0.4, 0.5) is 10.5 Å². The highest BCUT2D eigenvalue weighted by atomic mass is 28.4. The van der Waals surface area contributed by atoms with Crippen molar-refractivity contribution in [2.45, 2.75) is 77.5 Å². The first kappa shape index (κ1) is 22.5. The second-order valence-electron chi connectivity index (χ2n) is 9.86. The molecule has 158 valence electrons. The predicted molar refractivity (Wildman–Crippen MR) is 113 cm³/mol. The molecule has 1 aromatic heterocycles. The molecule has 2 atom stereocenters. The second kappa shape index (κ2) is 7.91. The van der Waals surface area contributed by atoms with Crippen molar-refractivity contribution in [3.05, 3.63) is 18.3 Å². The third-order valence-corrected chi connectivity index (χ3v) is 9.69. The number of likely N-dealkylation sites (tertiary alicyclic amines) is 1. The van der Waals surface area contributed by atoms with Gasteiger partial charge in [0.1, 0.15) is 17.8 Å². The molecule has 2 N–H and O–H groups in total. The lowest BCUT2D eigenvalue weighted by molar-refractivity contribution is 0.0270. The van der Waals surface area contributed by atoms with E-state index in [1.165, 1.54) is 0 Å². The summed E-state index contributed by atoms with van der Waals surface area (Å²) in [6.07, 6.45) is 0.640. The molecule has 1 aliphatic rings. The molecule has 0 radical (unpaired) electrons. The molecule has 2 heterocycles. The summed E-state index contributed by atoms with van der Waals surface area (Å²) in [6.45, 7) is 17.3. The Hall–Kier alpha value is -1.80. The number of nitrogen functional groups attached to an aromatic ring is 1. The van der Waals surface area contributed by atoms with E-state index in [-0.39, 0.29) is 23.3 Å². The minimum Gasteiger partial charge on any atom is -0.468 e. The molecule has 0 unspecified atom stereocenters. The Kier molecular flexibility index (Phi) is 6.35. The van der Waals surface area contributed by atoms with Gasteiger partial charge in [0.05, 0.1) is 18.8 Å². The molecule has 1 saturated heterocycles.